The van der Waals surface area contributed by atoms with Crippen LogP contribution in [0, 0.1) is 5.92 Å². The standard InChI is InChI=1S/C11H8F3N3O3/c12-11(13,14)7(10(19)20)5-17-9(18)6-3-1-2-4-8(6)15-16-17/h1-4,7H,5H2,(H,19,20). The molecule has 1 atom stereocenters. The Morgan fingerprint density at radius 2 is 2.00 bits per heavy atom. The van der Waals surface area contributed by atoms with Crippen molar-refractivity contribution in [1.82, 2.24) is 15.0 Å². The van der Waals surface area contributed by atoms with E-state index in [2.05, 4.69) is 10.3 Å². The summed E-state index contributed by atoms with van der Waals surface area (Å²) in [5, 5.41) is 15.6. The van der Waals surface area contributed by atoms with Gasteiger partial charge in [-0.05, 0) is 12.1 Å². The van der Waals surface area contributed by atoms with E-state index >= 15 is 0 Å². The van der Waals surface area contributed by atoms with Crippen molar-refractivity contribution in [1.29, 1.82) is 0 Å². The van der Waals surface area contributed by atoms with Crippen molar-refractivity contribution in [2.75, 3.05) is 0 Å². The number of halogens is 3. The first kappa shape index (κ1) is 14.0. The van der Waals surface area contributed by atoms with Gasteiger partial charge >= 0.3 is 12.1 Å². The SMILES string of the molecule is O=C(O)C(Cn1nnc2ccccc2c1=O)C(F)(F)F. The van der Waals surface area contributed by atoms with E-state index in [1.165, 1.54) is 18.2 Å². The Balaban J connectivity index is 2.46. The van der Waals surface area contributed by atoms with Gasteiger partial charge in [-0.2, -0.15) is 13.2 Å². The zero-order valence-electron chi connectivity index (χ0n) is 9.83. The maximum absolute atomic E-state index is 12.6. The molecule has 0 aliphatic heterocycles. The Kier molecular flexibility index (Phi) is 3.43. The van der Waals surface area contributed by atoms with Crippen LogP contribution in [0.3, 0.4) is 0 Å². The number of rotatable bonds is 3. The van der Waals surface area contributed by atoms with Crippen molar-refractivity contribution in [2.45, 2.75) is 12.7 Å². The molecule has 0 amide bonds. The van der Waals surface area contributed by atoms with Crippen molar-refractivity contribution in [3.63, 3.8) is 0 Å². The van der Waals surface area contributed by atoms with Crippen molar-refractivity contribution >= 4 is 16.9 Å². The molecule has 0 fully saturated rings. The lowest BCUT2D eigenvalue weighted by Gasteiger charge is -2.16. The average molecular weight is 287 g/mol. The van der Waals surface area contributed by atoms with Crippen LogP contribution in [0.5, 0.6) is 0 Å². The van der Waals surface area contributed by atoms with Gasteiger partial charge in [0.2, 0.25) is 0 Å². The van der Waals surface area contributed by atoms with Crippen molar-refractivity contribution in [3.8, 4) is 0 Å². The molecule has 2 aromatic rings. The third-order valence-corrected chi connectivity index (χ3v) is 2.68. The number of aromatic nitrogens is 3. The first-order valence-electron chi connectivity index (χ1n) is 5.43. The van der Waals surface area contributed by atoms with E-state index in [0.29, 0.717) is 4.68 Å². The number of fused-ring (bicyclic) bond motifs is 1. The molecule has 2 rings (SSSR count). The number of aliphatic carboxylic acids is 1. The van der Waals surface area contributed by atoms with Gasteiger partial charge in [0.05, 0.1) is 11.9 Å². The lowest BCUT2D eigenvalue weighted by molar-refractivity contribution is -0.196. The van der Waals surface area contributed by atoms with Crippen molar-refractivity contribution < 1.29 is 23.1 Å². The maximum Gasteiger partial charge on any atom is 0.404 e. The molecule has 0 spiro atoms. The summed E-state index contributed by atoms with van der Waals surface area (Å²) in [5.41, 5.74) is -0.585. The minimum absolute atomic E-state index is 0.0776. The lowest BCUT2D eigenvalue weighted by Crippen LogP contribution is -2.38. The highest BCUT2D eigenvalue weighted by atomic mass is 19.4. The van der Waals surface area contributed by atoms with Gasteiger partial charge in [-0.3, -0.25) is 9.59 Å². The third kappa shape index (κ3) is 2.60. The number of alkyl halides is 3. The van der Waals surface area contributed by atoms with E-state index < -0.39 is 30.2 Å². The normalized spacial score (nSPS) is 13.3. The van der Waals surface area contributed by atoms with E-state index in [-0.39, 0.29) is 10.9 Å². The summed E-state index contributed by atoms with van der Waals surface area (Å²) in [4.78, 5) is 22.6. The average Bonchev–Trinajstić information content (AvgIpc) is 2.36. The van der Waals surface area contributed by atoms with E-state index in [0.717, 1.165) is 0 Å². The smallest absolute Gasteiger partial charge is 0.404 e. The molecule has 20 heavy (non-hydrogen) atoms. The fraction of sp³-hybridized carbons (Fsp3) is 0.273. The van der Waals surface area contributed by atoms with Crippen LogP contribution >= 0.6 is 0 Å². The Morgan fingerprint density at radius 1 is 1.35 bits per heavy atom. The second kappa shape index (κ2) is 4.91. The van der Waals surface area contributed by atoms with Gasteiger partial charge < -0.3 is 5.11 Å². The van der Waals surface area contributed by atoms with Crippen LogP contribution in [0.25, 0.3) is 10.9 Å². The first-order valence-corrected chi connectivity index (χ1v) is 5.43. The summed E-state index contributed by atoms with van der Waals surface area (Å²) in [6.45, 7) is -1.12. The molecule has 1 heterocycles. The van der Waals surface area contributed by atoms with Gasteiger partial charge in [0.15, 0.2) is 5.92 Å². The van der Waals surface area contributed by atoms with Crippen LogP contribution in [-0.4, -0.2) is 32.2 Å². The molecule has 0 saturated carbocycles. The fourth-order valence-corrected chi connectivity index (χ4v) is 1.64. The molecule has 1 N–H and O–H groups in total. The lowest BCUT2D eigenvalue weighted by atomic mass is 10.1. The highest BCUT2D eigenvalue weighted by Gasteiger charge is 2.45. The van der Waals surface area contributed by atoms with Crippen molar-refractivity contribution in [3.05, 3.63) is 34.6 Å². The number of carboxylic acid groups (broad SMARTS) is 1. The van der Waals surface area contributed by atoms with Crippen LogP contribution in [0.15, 0.2) is 29.1 Å². The predicted octanol–water partition coefficient (Wildman–Crippen LogP) is 1.05. The summed E-state index contributed by atoms with van der Waals surface area (Å²) in [6, 6.07) is 5.98. The molecule has 0 radical (unpaired) electrons. The molecule has 0 bridgehead atoms. The fourth-order valence-electron chi connectivity index (χ4n) is 1.64. The van der Waals surface area contributed by atoms with Crippen LogP contribution in [0.1, 0.15) is 0 Å². The number of hydrogen-bond acceptors (Lipinski definition) is 4. The molecule has 1 aromatic carbocycles. The quantitative estimate of drug-likeness (QED) is 0.912. The number of benzene rings is 1. The minimum atomic E-state index is -4.97. The van der Waals surface area contributed by atoms with Crippen LogP contribution in [-0.2, 0) is 11.3 Å². The zero-order valence-corrected chi connectivity index (χ0v) is 9.83. The molecule has 9 heteroatoms. The van der Waals surface area contributed by atoms with E-state index in [4.69, 9.17) is 5.11 Å². The summed E-state index contributed by atoms with van der Waals surface area (Å²) < 4.78 is 38.1. The first-order chi connectivity index (χ1) is 9.30. The van der Waals surface area contributed by atoms with Crippen LogP contribution < -0.4 is 5.56 Å². The zero-order chi connectivity index (χ0) is 14.9. The maximum atomic E-state index is 12.6. The Hall–Kier alpha value is -2.45. The third-order valence-electron chi connectivity index (χ3n) is 2.68. The van der Waals surface area contributed by atoms with Crippen LogP contribution in [0.2, 0.25) is 0 Å². The van der Waals surface area contributed by atoms with E-state index in [1.807, 2.05) is 0 Å². The van der Waals surface area contributed by atoms with E-state index in [1.54, 1.807) is 6.07 Å². The van der Waals surface area contributed by atoms with E-state index in [9.17, 15) is 22.8 Å². The molecule has 0 aliphatic carbocycles. The van der Waals surface area contributed by atoms with Crippen molar-refractivity contribution in [2.24, 2.45) is 5.92 Å². The molecule has 0 aliphatic rings. The van der Waals surface area contributed by atoms with Gasteiger partial charge in [-0.15, -0.1) is 5.10 Å². The predicted molar refractivity (Wildman–Crippen MR) is 61.0 cm³/mol. The van der Waals surface area contributed by atoms with Crippen LogP contribution in [0.4, 0.5) is 13.2 Å². The molecule has 106 valence electrons. The number of carboxylic acids is 1. The molecule has 6 nitrogen and oxygen atoms in total. The Bertz CT molecular complexity index is 711. The number of carbonyl (C=O) groups is 1. The molecule has 1 aromatic heterocycles. The molecular weight excluding hydrogens is 279 g/mol. The van der Waals surface area contributed by atoms with Gasteiger partial charge in [-0.1, -0.05) is 17.3 Å². The summed E-state index contributed by atoms with van der Waals surface area (Å²) >= 11 is 0. The number of hydrogen-bond donors (Lipinski definition) is 1. The van der Waals surface area contributed by atoms with Gasteiger partial charge in [-0.25, -0.2) is 4.68 Å². The summed E-state index contributed by atoms with van der Waals surface area (Å²) in [7, 11) is 0. The molecular formula is C11H8F3N3O3. The van der Waals surface area contributed by atoms with Gasteiger partial charge in [0.25, 0.3) is 5.56 Å². The van der Waals surface area contributed by atoms with Gasteiger partial charge in [0.1, 0.15) is 5.52 Å². The summed E-state index contributed by atoms with van der Waals surface area (Å²) in [5.74, 6) is -4.78. The number of nitrogens with zero attached hydrogens (tertiary/aromatic N) is 3. The highest BCUT2D eigenvalue weighted by molar-refractivity contribution is 5.76. The largest absolute Gasteiger partial charge is 0.481 e. The Labute approximate surface area is 109 Å². The summed E-state index contributed by atoms with van der Waals surface area (Å²) in [6.07, 6.45) is -4.97. The highest BCUT2D eigenvalue weighted by Crippen LogP contribution is 2.27. The molecule has 0 saturated heterocycles. The second-order valence-corrected chi connectivity index (χ2v) is 4.03. The Morgan fingerprint density at radius 3 is 2.60 bits per heavy atom. The van der Waals surface area contributed by atoms with Gasteiger partial charge in [0, 0.05) is 0 Å². The monoisotopic (exact) mass is 287 g/mol. The molecule has 1 unspecified atom stereocenters. The second-order valence-electron chi connectivity index (χ2n) is 4.03. The topological polar surface area (TPSA) is 85.1 Å². The minimum Gasteiger partial charge on any atom is -0.481 e.